The zero-order valence-electron chi connectivity index (χ0n) is 14.7. The van der Waals surface area contributed by atoms with Gasteiger partial charge in [-0.2, -0.15) is 0 Å². The molecule has 2 aliphatic heterocycles. The van der Waals surface area contributed by atoms with Gasteiger partial charge in [-0.3, -0.25) is 14.5 Å². The van der Waals surface area contributed by atoms with Gasteiger partial charge in [0.1, 0.15) is 19.2 Å². The number of carbonyl (C=O) groups excluding carboxylic acids is 2. The second-order valence-electron chi connectivity index (χ2n) is 6.95. The summed E-state index contributed by atoms with van der Waals surface area (Å²) in [5.74, 6) is 0.141. The molecule has 1 aromatic rings. The van der Waals surface area contributed by atoms with E-state index in [1.54, 1.807) is 22.1 Å². The summed E-state index contributed by atoms with van der Waals surface area (Å²) < 4.78 is 1.67. The zero-order valence-corrected chi connectivity index (χ0v) is 14.7. The summed E-state index contributed by atoms with van der Waals surface area (Å²) in [6, 6.07) is 0. The first kappa shape index (κ1) is 17.8. The lowest BCUT2D eigenvalue weighted by Crippen LogP contribution is -2.62. The molecule has 3 heterocycles. The van der Waals surface area contributed by atoms with Crippen LogP contribution in [0.2, 0.25) is 0 Å². The van der Waals surface area contributed by atoms with E-state index < -0.39 is 0 Å². The number of aromatic nitrogens is 3. The molecule has 2 fully saturated rings. The molecule has 1 aromatic heterocycles. The van der Waals surface area contributed by atoms with E-state index in [2.05, 4.69) is 22.1 Å². The van der Waals surface area contributed by atoms with Crippen LogP contribution in [0.25, 0.3) is 0 Å². The summed E-state index contributed by atoms with van der Waals surface area (Å²) in [6.07, 6.45) is 5.09. The molecule has 1 N–H and O–H groups in total. The molecular weight excluding hydrogens is 324 g/mol. The highest BCUT2D eigenvalue weighted by Gasteiger charge is 2.43. The molecule has 0 bridgehead atoms. The van der Waals surface area contributed by atoms with Crippen LogP contribution in [0.3, 0.4) is 0 Å². The van der Waals surface area contributed by atoms with Crippen molar-refractivity contribution < 1.29 is 14.7 Å². The minimum atomic E-state index is -0.180. The van der Waals surface area contributed by atoms with E-state index in [0.29, 0.717) is 32.6 Å². The summed E-state index contributed by atoms with van der Waals surface area (Å²) in [4.78, 5) is 30.8. The second kappa shape index (κ2) is 7.49. The standard InChI is InChI=1S/C16H26N6O3/c1-19-6-7-22(15(25)10-20-12-17-18-13-20)11-16(19)3-2-14(24)21(5-4-16)8-9-23/h12-13,23H,2-11H2,1H3. The Balaban J connectivity index is 1.69. The Morgan fingerprint density at radius 2 is 2.00 bits per heavy atom. The third-order valence-corrected chi connectivity index (χ3v) is 5.51. The summed E-state index contributed by atoms with van der Waals surface area (Å²) in [6.45, 7) is 3.34. The normalized spacial score (nSPS) is 25.4. The predicted octanol–water partition coefficient (Wildman–Crippen LogP) is -1.20. The molecule has 2 amide bonds. The fourth-order valence-electron chi connectivity index (χ4n) is 3.82. The number of rotatable bonds is 4. The number of likely N-dealkylation sites (tertiary alicyclic amines) is 1. The quantitative estimate of drug-likeness (QED) is 0.733. The smallest absolute Gasteiger partial charge is 0.242 e. The summed E-state index contributed by atoms with van der Waals surface area (Å²) >= 11 is 0. The Hall–Kier alpha value is -2.00. The van der Waals surface area contributed by atoms with Crippen LogP contribution in [0.4, 0.5) is 0 Å². The number of hydrogen-bond donors (Lipinski definition) is 1. The fourth-order valence-corrected chi connectivity index (χ4v) is 3.82. The fraction of sp³-hybridized carbons (Fsp3) is 0.750. The van der Waals surface area contributed by atoms with Crippen LogP contribution in [0.5, 0.6) is 0 Å². The third-order valence-electron chi connectivity index (χ3n) is 5.51. The minimum absolute atomic E-state index is 0.0157. The number of hydrogen-bond acceptors (Lipinski definition) is 6. The molecule has 1 unspecified atom stereocenters. The maximum atomic E-state index is 12.6. The van der Waals surface area contributed by atoms with Crippen LogP contribution in [0, 0.1) is 0 Å². The Morgan fingerprint density at radius 1 is 1.24 bits per heavy atom. The first-order valence-electron chi connectivity index (χ1n) is 8.74. The van der Waals surface area contributed by atoms with Crippen LogP contribution in [-0.4, -0.2) is 98.3 Å². The minimum Gasteiger partial charge on any atom is -0.395 e. The molecule has 1 spiro atoms. The molecule has 0 radical (unpaired) electrons. The van der Waals surface area contributed by atoms with Gasteiger partial charge < -0.3 is 19.5 Å². The summed E-state index contributed by atoms with van der Waals surface area (Å²) in [5.41, 5.74) is -0.180. The van der Waals surface area contributed by atoms with E-state index in [4.69, 9.17) is 5.11 Å². The first-order chi connectivity index (χ1) is 12.0. The Kier molecular flexibility index (Phi) is 5.33. The van der Waals surface area contributed by atoms with Gasteiger partial charge in [-0.1, -0.05) is 0 Å². The lowest BCUT2D eigenvalue weighted by atomic mass is 9.86. The number of β-amino-alcohol motifs (C(OH)–C–C–N with tert-alkyl or cyclic N) is 1. The Labute approximate surface area is 147 Å². The lowest BCUT2D eigenvalue weighted by molar-refractivity contribution is -0.137. The molecule has 138 valence electrons. The van der Waals surface area contributed by atoms with Crippen molar-refractivity contribution in [2.75, 3.05) is 46.4 Å². The lowest BCUT2D eigenvalue weighted by Gasteiger charge is -2.49. The molecular formula is C16H26N6O3. The van der Waals surface area contributed by atoms with E-state index in [9.17, 15) is 9.59 Å². The van der Waals surface area contributed by atoms with E-state index >= 15 is 0 Å². The van der Waals surface area contributed by atoms with Crippen LogP contribution >= 0.6 is 0 Å². The molecule has 25 heavy (non-hydrogen) atoms. The van der Waals surface area contributed by atoms with Gasteiger partial charge in [-0.15, -0.1) is 10.2 Å². The van der Waals surface area contributed by atoms with E-state index in [1.807, 2.05) is 4.90 Å². The van der Waals surface area contributed by atoms with Gasteiger partial charge in [0.15, 0.2) is 0 Å². The molecule has 3 rings (SSSR count). The molecule has 9 nitrogen and oxygen atoms in total. The van der Waals surface area contributed by atoms with Crippen molar-refractivity contribution in [2.24, 2.45) is 0 Å². The molecule has 2 aliphatic rings. The van der Waals surface area contributed by atoms with Gasteiger partial charge >= 0.3 is 0 Å². The SMILES string of the molecule is CN1CCN(C(=O)Cn2cnnc2)CC12CCC(=O)N(CCO)CC2. The van der Waals surface area contributed by atoms with Gasteiger partial charge in [-0.05, 0) is 19.9 Å². The van der Waals surface area contributed by atoms with Gasteiger partial charge in [0.25, 0.3) is 0 Å². The van der Waals surface area contributed by atoms with Crippen molar-refractivity contribution in [2.45, 2.75) is 31.3 Å². The van der Waals surface area contributed by atoms with E-state index in [0.717, 1.165) is 19.4 Å². The predicted molar refractivity (Wildman–Crippen MR) is 89.5 cm³/mol. The van der Waals surface area contributed by atoms with E-state index in [1.165, 1.54) is 0 Å². The maximum absolute atomic E-state index is 12.6. The highest BCUT2D eigenvalue weighted by Crippen LogP contribution is 2.32. The molecule has 9 heteroatoms. The first-order valence-corrected chi connectivity index (χ1v) is 8.74. The molecule has 1 atom stereocenters. The van der Waals surface area contributed by atoms with Crippen molar-refractivity contribution >= 4 is 11.8 Å². The van der Waals surface area contributed by atoms with Crippen molar-refractivity contribution in [1.29, 1.82) is 0 Å². The maximum Gasteiger partial charge on any atom is 0.242 e. The monoisotopic (exact) mass is 350 g/mol. The number of amides is 2. The van der Waals surface area contributed by atoms with Crippen LogP contribution in [-0.2, 0) is 16.1 Å². The molecule has 0 aromatic carbocycles. The molecule has 0 saturated carbocycles. The average Bonchev–Trinajstić information content (AvgIpc) is 3.06. The van der Waals surface area contributed by atoms with Crippen molar-refractivity contribution in [3.63, 3.8) is 0 Å². The topological polar surface area (TPSA) is 94.8 Å². The number of nitrogens with zero attached hydrogens (tertiary/aromatic N) is 6. The van der Waals surface area contributed by atoms with Crippen molar-refractivity contribution in [1.82, 2.24) is 29.5 Å². The van der Waals surface area contributed by atoms with Crippen molar-refractivity contribution in [3.05, 3.63) is 12.7 Å². The zero-order chi connectivity index (χ0) is 17.9. The highest BCUT2D eigenvalue weighted by molar-refractivity contribution is 5.77. The van der Waals surface area contributed by atoms with Crippen molar-refractivity contribution in [3.8, 4) is 0 Å². The van der Waals surface area contributed by atoms with Gasteiger partial charge in [0.05, 0.1) is 6.61 Å². The number of aliphatic hydroxyl groups is 1. The Bertz CT molecular complexity index is 607. The van der Waals surface area contributed by atoms with Gasteiger partial charge in [0.2, 0.25) is 11.8 Å². The Morgan fingerprint density at radius 3 is 2.72 bits per heavy atom. The molecule has 0 aliphatic carbocycles. The largest absolute Gasteiger partial charge is 0.395 e. The summed E-state index contributed by atoms with van der Waals surface area (Å²) in [5, 5.41) is 16.6. The van der Waals surface area contributed by atoms with Crippen LogP contribution in [0.1, 0.15) is 19.3 Å². The number of piperazine rings is 1. The van der Waals surface area contributed by atoms with E-state index in [-0.39, 0.29) is 30.5 Å². The average molecular weight is 350 g/mol. The molecule has 2 saturated heterocycles. The second-order valence-corrected chi connectivity index (χ2v) is 6.95. The van der Waals surface area contributed by atoms with Gasteiger partial charge in [0, 0.05) is 44.7 Å². The third kappa shape index (κ3) is 3.82. The number of carbonyl (C=O) groups is 2. The van der Waals surface area contributed by atoms with Crippen LogP contribution < -0.4 is 0 Å². The number of likely N-dealkylation sites (N-methyl/N-ethyl adjacent to an activating group) is 1. The highest BCUT2D eigenvalue weighted by atomic mass is 16.3. The van der Waals surface area contributed by atoms with Gasteiger partial charge in [-0.25, -0.2) is 0 Å². The number of aliphatic hydroxyl groups excluding tert-OH is 1. The summed E-state index contributed by atoms with van der Waals surface area (Å²) in [7, 11) is 2.08. The van der Waals surface area contributed by atoms with Crippen LogP contribution in [0.15, 0.2) is 12.7 Å².